The number of primary amides is 1. The molecule has 1 aliphatic heterocycles. The SMILES string of the molecule is CSc1ccc(C(=O)Nc2ccc(Cl)c(C3=CCCC=N3)c2)c(-c2ccc(C(N)=O)c(Cl)c2)c1. The van der Waals surface area contributed by atoms with Crippen LogP contribution in [-0.4, -0.2) is 24.3 Å². The molecule has 3 aromatic rings. The summed E-state index contributed by atoms with van der Waals surface area (Å²) in [5, 5.41) is 3.76. The fourth-order valence-corrected chi connectivity index (χ4v) is 4.58. The Morgan fingerprint density at radius 2 is 1.74 bits per heavy atom. The van der Waals surface area contributed by atoms with Crippen molar-refractivity contribution < 1.29 is 9.59 Å². The molecule has 0 saturated carbocycles. The molecule has 3 aromatic carbocycles. The number of allylic oxidation sites excluding steroid dienone is 1. The molecule has 5 nitrogen and oxygen atoms in total. The molecule has 4 rings (SSSR count). The Balaban J connectivity index is 1.70. The number of anilines is 1. The number of rotatable bonds is 6. The fourth-order valence-electron chi connectivity index (χ4n) is 3.66. The van der Waals surface area contributed by atoms with E-state index in [9.17, 15) is 9.59 Å². The van der Waals surface area contributed by atoms with Crippen LogP contribution in [-0.2, 0) is 0 Å². The van der Waals surface area contributed by atoms with Crippen LogP contribution < -0.4 is 11.1 Å². The first-order valence-corrected chi connectivity index (χ1v) is 12.5. The van der Waals surface area contributed by atoms with Gasteiger partial charge in [0, 0.05) is 27.9 Å². The van der Waals surface area contributed by atoms with Crippen molar-refractivity contribution >= 4 is 64.4 Å². The van der Waals surface area contributed by atoms with Crippen molar-refractivity contribution in [2.45, 2.75) is 17.7 Å². The van der Waals surface area contributed by atoms with Gasteiger partial charge >= 0.3 is 0 Å². The Hall–Kier alpha value is -3.06. The standard InChI is InChI=1S/C26H21Cl2N3O2S/c1-34-17-7-9-18(20(14-17)15-5-8-19(25(29)32)23(28)12-15)26(33)31-16-6-10-22(27)21(13-16)24-4-2-3-11-30-24/h4-14H,2-3H2,1H3,(H2,29,32)(H,31,33). The van der Waals surface area contributed by atoms with Crippen LogP contribution in [0.2, 0.25) is 10.0 Å². The molecule has 0 radical (unpaired) electrons. The highest BCUT2D eigenvalue weighted by molar-refractivity contribution is 7.98. The average molecular weight is 510 g/mol. The van der Waals surface area contributed by atoms with Gasteiger partial charge in [0.25, 0.3) is 5.91 Å². The molecular formula is C26H21Cl2N3O2S. The lowest BCUT2D eigenvalue weighted by Gasteiger charge is -2.14. The molecule has 3 N–H and O–H groups in total. The van der Waals surface area contributed by atoms with Gasteiger partial charge in [-0.1, -0.05) is 35.3 Å². The lowest BCUT2D eigenvalue weighted by atomic mass is 9.97. The zero-order chi connectivity index (χ0) is 24.2. The van der Waals surface area contributed by atoms with E-state index in [1.165, 1.54) is 0 Å². The van der Waals surface area contributed by atoms with E-state index in [1.54, 1.807) is 48.2 Å². The van der Waals surface area contributed by atoms with Gasteiger partial charge in [-0.15, -0.1) is 11.8 Å². The normalized spacial score (nSPS) is 12.9. The molecule has 0 saturated heterocycles. The van der Waals surface area contributed by atoms with Crippen LogP contribution in [0.3, 0.4) is 0 Å². The lowest BCUT2D eigenvalue weighted by Crippen LogP contribution is -2.14. The van der Waals surface area contributed by atoms with Crippen LogP contribution in [0.5, 0.6) is 0 Å². The van der Waals surface area contributed by atoms with Crippen molar-refractivity contribution in [1.82, 2.24) is 0 Å². The summed E-state index contributed by atoms with van der Waals surface area (Å²) in [6.07, 6.45) is 7.65. The van der Waals surface area contributed by atoms with E-state index in [0.717, 1.165) is 29.0 Å². The highest BCUT2D eigenvalue weighted by atomic mass is 35.5. The zero-order valence-corrected chi connectivity index (χ0v) is 20.6. The number of nitrogens with two attached hydrogens (primary N) is 1. The minimum atomic E-state index is -0.608. The minimum Gasteiger partial charge on any atom is -0.366 e. The number of benzene rings is 3. The summed E-state index contributed by atoms with van der Waals surface area (Å²) in [6, 6.07) is 15.9. The van der Waals surface area contributed by atoms with E-state index in [2.05, 4.69) is 10.3 Å². The molecular weight excluding hydrogens is 489 g/mol. The number of halogens is 2. The number of aliphatic imine (C=N–C) groups is 1. The van der Waals surface area contributed by atoms with Crippen LogP contribution in [0.15, 0.2) is 70.6 Å². The van der Waals surface area contributed by atoms with Crippen LogP contribution in [0, 0.1) is 0 Å². The molecule has 0 atom stereocenters. The first-order valence-electron chi connectivity index (χ1n) is 10.5. The largest absolute Gasteiger partial charge is 0.366 e. The monoisotopic (exact) mass is 509 g/mol. The Morgan fingerprint density at radius 1 is 0.941 bits per heavy atom. The van der Waals surface area contributed by atoms with Crippen molar-refractivity contribution in [3.8, 4) is 11.1 Å². The maximum absolute atomic E-state index is 13.3. The molecule has 172 valence electrons. The molecule has 0 spiro atoms. The van der Waals surface area contributed by atoms with E-state index in [1.807, 2.05) is 36.7 Å². The summed E-state index contributed by atoms with van der Waals surface area (Å²) in [5.74, 6) is -0.893. The molecule has 0 fully saturated rings. The Bertz CT molecular complexity index is 1350. The number of nitrogens with zero attached hydrogens (tertiary/aromatic N) is 1. The summed E-state index contributed by atoms with van der Waals surface area (Å²) < 4.78 is 0. The van der Waals surface area contributed by atoms with Crippen molar-refractivity contribution in [1.29, 1.82) is 0 Å². The lowest BCUT2D eigenvalue weighted by molar-refractivity contribution is 0.0997. The summed E-state index contributed by atoms with van der Waals surface area (Å²) in [6.45, 7) is 0. The van der Waals surface area contributed by atoms with Crippen molar-refractivity contribution in [2.24, 2.45) is 10.7 Å². The van der Waals surface area contributed by atoms with E-state index in [0.29, 0.717) is 27.4 Å². The second-order valence-corrected chi connectivity index (χ2v) is 9.29. The van der Waals surface area contributed by atoms with Gasteiger partial charge in [0.2, 0.25) is 5.91 Å². The molecule has 0 unspecified atom stereocenters. The predicted molar refractivity (Wildman–Crippen MR) is 142 cm³/mol. The van der Waals surface area contributed by atoms with Gasteiger partial charge in [0.15, 0.2) is 0 Å². The number of nitrogens with one attached hydrogen (secondary N) is 1. The third-order valence-corrected chi connectivity index (χ3v) is 6.75. The zero-order valence-electron chi connectivity index (χ0n) is 18.3. The van der Waals surface area contributed by atoms with Crippen molar-refractivity contribution in [3.05, 3.63) is 87.4 Å². The van der Waals surface area contributed by atoms with Crippen molar-refractivity contribution in [2.75, 3.05) is 11.6 Å². The van der Waals surface area contributed by atoms with Crippen LogP contribution in [0.25, 0.3) is 16.8 Å². The third kappa shape index (κ3) is 5.20. The van der Waals surface area contributed by atoms with E-state index in [-0.39, 0.29) is 16.5 Å². The topological polar surface area (TPSA) is 84.6 Å². The number of thioether (sulfide) groups is 1. The molecule has 0 bridgehead atoms. The minimum absolute atomic E-state index is 0.228. The molecule has 34 heavy (non-hydrogen) atoms. The highest BCUT2D eigenvalue weighted by Gasteiger charge is 2.17. The van der Waals surface area contributed by atoms with E-state index in [4.69, 9.17) is 28.9 Å². The van der Waals surface area contributed by atoms with Crippen LogP contribution in [0.4, 0.5) is 5.69 Å². The quantitative estimate of drug-likeness (QED) is 0.353. The maximum atomic E-state index is 13.3. The highest BCUT2D eigenvalue weighted by Crippen LogP contribution is 2.33. The summed E-state index contributed by atoms with van der Waals surface area (Å²) in [7, 11) is 0. The molecule has 1 aliphatic rings. The maximum Gasteiger partial charge on any atom is 0.256 e. The van der Waals surface area contributed by atoms with E-state index >= 15 is 0 Å². The van der Waals surface area contributed by atoms with Gasteiger partial charge in [-0.25, -0.2) is 0 Å². The Morgan fingerprint density at radius 3 is 2.41 bits per heavy atom. The van der Waals surface area contributed by atoms with Crippen molar-refractivity contribution in [3.63, 3.8) is 0 Å². The second kappa shape index (κ2) is 10.5. The predicted octanol–water partition coefficient (Wildman–Crippen LogP) is 6.94. The first kappa shape index (κ1) is 24.1. The number of amides is 2. The molecule has 1 heterocycles. The number of carbonyl (C=O) groups is 2. The van der Waals surface area contributed by atoms with Gasteiger partial charge < -0.3 is 11.1 Å². The number of carbonyl (C=O) groups excluding carboxylic acids is 2. The fraction of sp³-hybridized carbons (Fsp3) is 0.115. The van der Waals surface area contributed by atoms with Gasteiger partial charge in [-0.3, -0.25) is 14.6 Å². The first-order chi connectivity index (χ1) is 16.4. The van der Waals surface area contributed by atoms with Gasteiger partial charge in [-0.2, -0.15) is 0 Å². The van der Waals surface area contributed by atoms with Gasteiger partial charge in [-0.05, 0) is 78.8 Å². The van der Waals surface area contributed by atoms with Gasteiger partial charge in [0.1, 0.15) is 0 Å². The summed E-state index contributed by atoms with van der Waals surface area (Å²) >= 11 is 14.2. The molecule has 0 aliphatic carbocycles. The van der Waals surface area contributed by atoms with Crippen LogP contribution in [0.1, 0.15) is 39.1 Å². The Kier molecular flexibility index (Phi) is 7.41. The second-order valence-electron chi connectivity index (χ2n) is 7.60. The smallest absolute Gasteiger partial charge is 0.256 e. The number of hydrogen-bond acceptors (Lipinski definition) is 4. The third-order valence-electron chi connectivity index (χ3n) is 5.38. The van der Waals surface area contributed by atoms with Crippen LogP contribution >= 0.6 is 35.0 Å². The average Bonchev–Trinajstić information content (AvgIpc) is 2.85. The van der Waals surface area contributed by atoms with E-state index < -0.39 is 5.91 Å². The van der Waals surface area contributed by atoms with Gasteiger partial charge in [0.05, 0.1) is 21.3 Å². The molecule has 8 heteroatoms. The summed E-state index contributed by atoms with van der Waals surface area (Å²) in [5.41, 5.74) is 9.63. The number of hydrogen-bond donors (Lipinski definition) is 2. The molecule has 0 aromatic heterocycles. The summed E-state index contributed by atoms with van der Waals surface area (Å²) in [4.78, 5) is 30.3. The molecule has 2 amide bonds. The Labute approximate surface area is 212 Å².